The number of nitrogens with one attached hydrogen (secondary N) is 1. The minimum atomic E-state index is 0.482. The Morgan fingerprint density at radius 2 is 2.00 bits per heavy atom. The second kappa shape index (κ2) is 9.85. The molecule has 28 heavy (non-hydrogen) atoms. The van der Waals surface area contributed by atoms with Crippen LogP contribution in [-0.4, -0.2) is 28.2 Å². The zero-order valence-electron chi connectivity index (χ0n) is 16.1. The third-order valence-electron chi connectivity index (χ3n) is 4.22. The van der Waals surface area contributed by atoms with E-state index in [0.717, 1.165) is 36.2 Å². The predicted molar refractivity (Wildman–Crippen MR) is 113 cm³/mol. The van der Waals surface area contributed by atoms with E-state index in [4.69, 9.17) is 21.7 Å². The first-order valence-electron chi connectivity index (χ1n) is 9.26. The van der Waals surface area contributed by atoms with E-state index in [2.05, 4.69) is 22.2 Å². The van der Waals surface area contributed by atoms with E-state index in [1.807, 2.05) is 48.5 Å². The van der Waals surface area contributed by atoms with E-state index in [1.165, 1.54) is 0 Å². The Kier molecular flexibility index (Phi) is 6.97. The highest BCUT2D eigenvalue weighted by atomic mass is 32.1. The third kappa shape index (κ3) is 5.07. The van der Waals surface area contributed by atoms with Crippen molar-refractivity contribution in [2.24, 2.45) is 5.10 Å². The lowest BCUT2D eigenvalue weighted by Crippen LogP contribution is -2.00. The molecule has 1 heterocycles. The van der Waals surface area contributed by atoms with Crippen LogP contribution in [0, 0.1) is 4.77 Å². The molecular formula is C21H24N4O2S. The van der Waals surface area contributed by atoms with Crippen LogP contribution in [0.3, 0.4) is 0 Å². The van der Waals surface area contributed by atoms with Gasteiger partial charge in [-0.3, -0.25) is 5.10 Å². The maximum absolute atomic E-state index is 5.90. The molecule has 0 amide bonds. The van der Waals surface area contributed by atoms with Crippen molar-refractivity contribution in [3.63, 3.8) is 0 Å². The number of nitrogens with zero attached hydrogens (tertiary/aromatic N) is 3. The van der Waals surface area contributed by atoms with E-state index in [9.17, 15) is 0 Å². The first-order chi connectivity index (χ1) is 13.7. The largest absolute Gasteiger partial charge is 0.493 e. The van der Waals surface area contributed by atoms with Crippen molar-refractivity contribution in [1.29, 1.82) is 0 Å². The highest BCUT2D eigenvalue weighted by Crippen LogP contribution is 2.28. The van der Waals surface area contributed by atoms with Gasteiger partial charge in [-0.05, 0) is 48.0 Å². The third-order valence-corrected chi connectivity index (χ3v) is 4.48. The Morgan fingerprint density at radius 1 is 1.18 bits per heavy atom. The van der Waals surface area contributed by atoms with Crippen LogP contribution >= 0.6 is 12.2 Å². The number of benzene rings is 2. The maximum atomic E-state index is 5.90. The van der Waals surface area contributed by atoms with Crippen molar-refractivity contribution < 1.29 is 9.47 Å². The summed E-state index contributed by atoms with van der Waals surface area (Å²) in [5.74, 6) is 2.17. The molecule has 146 valence electrons. The van der Waals surface area contributed by atoms with E-state index in [-0.39, 0.29) is 0 Å². The van der Waals surface area contributed by atoms with E-state index < -0.39 is 0 Å². The zero-order chi connectivity index (χ0) is 19.8. The molecule has 0 aliphatic heterocycles. The Hall–Kier alpha value is -2.93. The number of aryl methyl sites for hydroxylation is 1. The lowest BCUT2D eigenvalue weighted by atomic mass is 10.2. The average molecular weight is 397 g/mol. The summed E-state index contributed by atoms with van der Waals surface area (Å²) in [6, 6.07) is 15.7. The van der Waals surface area contributed by atoms with Gasteiger partial charge in [0.2, 0.25) is 4.77 Å². The quantitative estimate of drug-likeness (QED) is 0.419. The minimum Gasteiger partial charge on any atom is -0.493 e. The van der Waals surface area contributed by atoms with Crippen molar-refractivity contribution in [3.8, 4) is 11.5 Å². The van der Waals surface area contributed by atoms with Crippen molar-refractivity contribution in [3.05, 3.63) is 70.3 Å². The van der Waals surface area contributed by atoms with Crippen LogP contribution in [-0.2, 0) is 13.0 Å². The molecule has 0 fully saturated rings. The smallest absolute Gasteiger partial charge is 0.216 e. The molecule has 3 aromatic rings. The van der Waals surface area contributed by atoms with Crippen LogP contribution in [0.5, 0.6) is 11.5 Å². The first kappa shape index (κ1) is 19.8. The molecule has 6 nitrogen and oxygen atoms in total. The molecule has 0 unspecified atom stereocenters. The molecule has 0 atom stereocenters. The van der Waals surface area contributed by atoms with Crippen molar-refractivity contribution in [1.82, 2.24) is 14.9 Å². The molecule has 0 aliphatic rings. The average Bonchev–Trinajstić information content (AvgIpc) is 3.09. The second-order valence-electron chi connectivity index (χ2n) is 6.29. The fourth-order valence-corrected chi connectivity index (χ4v) is 2.88. The summed E-state index contributed by atoms with van der Waals surface area (Å²) in [6.07, 6.45) is 4.70. The van der Waals surface area contributed by atoms with Gasteiger partial charge in [0.1, 0.15) is 6.61 Å². The number of hydrogen-bond donors (Lipinski definition) is 1. The molecule has 2 aromatic carbocycles. The van der Waals surface area contributed by atoms with Gasteiger partial charge in [0, 0.05) is 6.42 Å². The monoisotopic (exact) mass is 396 g/mol. The van der Waals surface area contributed by atoms with Crippen LogP contribution in [0.4, 0.5) is 0 Å². The van der Waals surface area contributed by atoms with Crippen LogP contribution < -0.4 is 9.47 Å². The number of aromatic amines is 1. The Balaban J connectivity index is 1.74. The zero-order valence-corrected chi connectivity index (χ0v) is 16.9. The maximum Gasteiger partial charge on any atom is 0.216 e. The van der Waals surface area contributed by atoms with Gasteiger partial charge in [-0.25, -0.2) is 0 Å². The van der Waals surface area contributed by atoms with E-state index in [1.54, 1.807) is 18.0 Å². The number of aromatic nitrogens is 3. The summed E-state index contributed by atoms with van der Waals surface area (Å²) in [5.41, 5.74) is 1.98. The van der Waals surface area contributed by atoms with Gasteiger partial charge in [-0.1, -0.05) is 43.7 Å². The fourth-order valence-electron chi connectivity index (χ4n) is 2.68. The van der Waals surface area contributed by atoms with Crippen LogP contribution in [0.1, 0.15) is 36.7 Å². The van der Waals surface area contributed by atoms with Crippen molar-refractivity contribution in [2.45, 2.75) is 32.8 Å². The van der Waals surface area contributed by atoms with Gasteiger partial charge in [-0.2, -0.15) is 14.9 Å². The Morgan fingerprint density at radius 3 is 2.75 bits per heavy atom. The highest BCUT2D eigenvalue weighted by molar-refractivity contribution is 7.71. The number of hydrogen-bond acceptors (Lipinski definition) is 5. The molecule has 0 radical (unpaired) electrons. The fraction of sp³-hybridized carbons (Fsp3) is 0.286. The van der Waals surface area contributed by atoms with Gasteiger partial charge in [0.15, 0.2) is 17.3 Å². The van der Waals surface area contributed by atoms with Crippen LogP contribution in [0.25, 0.3) is 0 Å². The molecule has 1 aromatic heterocycles. The lowest BCUT2D eigenvalue weighted by molar-refractivity contribution is 0.284. The molecular weight excluding hydrogens is 372 g/mol. The van der Waals surface area contributed by atoms with Crippen LogP contribution in [0.2, 0.25) is 0 Å². The number of unbranched alkanes of at least 4 members (excludes halogenated alkanes) is 1. The minimum absolute atomic E-state index is 0.482. The van der Waals surface area contributed by atoms with Gasteiger partial charge < -0.3 is 9.47 Å². The summed E-state index contributed by atoms with van der Waals surface area (Å²) in [5, 5.41) is 11.5. The van der Waals surface area contributed by atoms with E-state index in [0.29, 0.717) is 22.9 Å². The van der Waals surface area contributed by atoms with Gasteiger partial charge in [0.05, 0.1) is 13.3 Å². The predicted octanol–water partition coefficient (Wildman–Crippen LogP) is 4.75. The summed E-state index contributed by atoms with van der Waals surface area (Å²) in [6.45, 7) is 2.62. The number of methoxy groups -OCH3 is 1. The molecule has 0 spiro atoms. The lowest BCUT2D eigenvalue weighted by Gasteiger charge is -2.11. The van der Waals surface area contributed by atoms with Gasteiger partial charge in [0.25, 0.3) is 0 Å². The molecule has 0 saturated carbocycles. The Bertz CT molecular complexity index is 980. The first-order valence-corrected chi connectivity index (χ1v) is 9.67. The Labute approximate surface area is 169 Å². The van der Waals surface area contributed by atoms with Crippen molar-refractivity contribution >= 4 is 18.4 Å². The van der Waals surface area contributed by atoms with Gasteiger partial charge >= 0.3 is 0 Å². The molecule has 7 heteroatoms. The summed E-state index contributed by atoms with van der Waals surface area (Å²) >= 11 is 5.28. The molecule has 0 saturated heterocycles. The molecule has 0 aliphatic carbocycles. The summed E-state index contributed by atoms with van der Waals surface area (Å²) < 4.78 is 13.5. The van der Waals surface area contributed by atoms with Crippen molar-refractivity contribution in [2.75, 3.05) is 7.11 Å². The standard InChI is InChI=1S/C21H24N4O2S/c1-3-4-10-20-23-24-21(28)25(20)22-14-17-11-12-18(19(13-17)26-2)27-15-16-8-6-5-7-9-16/h5-9,11-14H,3-4,10,15H2,1-2H3,(H,24,28)/b22-14+. The van der Waals surface area contributed by atoms with E-state index >= 15 is 0 Å². The number of H-pyrrole nitrogens is 1. The molecule has 1 N–H and O–H groups in total. The molecule has 3 rings (SSSR count). The number of ether oxygens (including phenoxy) is 2. The van der Waals surface area contributed by atoms with Crippen LogP contribution in [0.15, 0.2) is 53.6 Å². The normalized spacial score (nSPS) is 11.1. The highest BCUT2D eigenvalue weighted by Gasteiger charge is 2.07. The molecule has 0 bridgehead atoms. The number of rotatable bonds is 9. The van der Waals surface area contributed by atoms with Gasteiger partial charge in [-0.15, -0.1) is 0 Å². The SMILES string of the molecule is CCCCc1n[nH]c(=S)n1/N=C/c1ccc(OCc2ccccc2)c(OC)c1. The summed E-state index contributed by atoms with van der Waals surface area (Å²) in [7, 11) is 1.63. The summed E-state index contributed by atoms with van der Waals surface area (Å²) in [4.78, 5) is 0. The second-order valence-corrected chi connectivity index (χ2v) is 6.68. The topological polar surface area (TPSA) is 64.4 Å².